The van der Waals surface area contributed by atoms with Gasteiger partial charge in [-0.05, 0) is 25.8 Å². The van der Waals surface area contributed by atoms with Crippen molar-refractivity contribution >= 4 is 0 Å². The largest absolute Gasteiger partial charge is 0.314 e. The molecule has 0 atom stereocenters. The lowest BCUT2D eigenvalue weighted by Crippen LogP contribution is -2.35. The summed E-state index contributed by atoms with van der Waals surface area (Å²) in [6, 6.07) is 0.886. The average molecular weight is 171 g/mol. The van der Waals surface area contributed by atoms with Crippen molar-refractivity contribution in [1.82, 2.24) is 5.32 Å². The fourth-order valence-electron chi connectivity index (χ4n) is 1.29. The second kappa shape index (κ2) is 9.05. The molecule has 0 bridgehead atoms. The van der Waals surface area contributed by atoms with E-state index < -0.39 is 0 Å². The van der Waals surface area contributed by atoms with Gasteiger partial charge in [0.05, 0.1) is 0 Å². The Bertz CT molecular complexity index is 77.1. The smallest absolute Gasteiger partial charge is 0.00670 e. The number of hydrogen-bond donors (Lipinski definition) is 1. The van der Waals surface area contributed by atoms with Gasteiger partial charge in [-0.1, -0.05) is 40.0 Å². The Labute approximate surface area is 77.9 Å². The van der Waals surface area contributed by atoms with Gasteiger partial charge in [-0.2, -0.15) is 0 Å². The van der Waals surface area contributed by atoms with Crippen molar-refractivity contribution < 1.29 is 0 Å². The quantitative estimate of drug-likeness (QED) is 0.626. The summed E-state index contributed by atoms with van der Waals surface area (Å²) < 4.78 is 0. The van der Waals surface area contributed by atoms with Crippen LogP contribution in [0, 0.1) is 0 Å². The summed E-state index contributed by atoms with van der Waals surface area (Å²) >= 11 is 0. The van der Waals surface area contributed by atoms with E-state index >= 15 is 0 Å². The van der Waals surface area contributed by atoms with E-state index in [2.05, 4.69) is 12.2 Å². The lowest BCUT2D eigenvalue weighted by atomic mass is 9.93. The molecule has 0 aromatic rings. The van der Waals surface area contributed by atoms with Gasteiger partial charge in [0, 0.05) is 6.04 Å². The summed E-state index contributed by atoms with van der Waals surface area (Å²) in [5.41, 5.74) is 0. The van der Waals surface area contributed by atoms with Gasteiger partial charge in [0.15, 0.2) is 0 Å². The minimum Gasteiger partial charge on any atom is -0.314 e. The molecule has 1 rings (SSSR count). The monoisotopic (exact) mass is 171 g/mol. The third-order valence-corrected chi connectivity index (χ3v) is 2.32. The summed E-state index contributed by atoms with van der Waals surface area (Å²) in [5, 5.41) is 3.55. The van der Waals surface area contributed by atoms with Crippen LogP contribution < -0.4 is 5.32 Å². The number of unbranched alkanes of at least 4 members (excludes halogenated alkanes) is 2. The molecule has 1 fully saturated rings. The van der Waals surface area contributed by atoms with E-state index in [1.165, 1.54) is 45.1 Å². The van der Waals surface area contributed by atoms with Gasteiger partial charge in [-0.3, -0.25) is 0 Å². The van der Waals surface area contributed by atoms with E-state index in [-0.39, 0.29) is 0 Å². The highest BCUT2D eigenvalue weighted by Crippen LogP contribution is 2.17. The maximum Gasteiger partial charge on any atom is 0.00670 e. The van der Waals surface area contributed by atoms with Gasteiger partial charge < -0.3 is 5.32 Å². The van der Waals surface area contributed by atoms with Crippen molar-refractivity contribution in [2.45, 2.75) is 65.3 Å². The van der Waals surface area contributed by atoms with Gasteiger partial charge >= 0.3 is 0 Å². The van der Waals surface area contributed by atoms with Crippen LogP contribution in [0.4, 0.5) is 0 Å². The van der Waals surface area contributed by atoms with Gasteiger partial charge in [-0.25, -0.2) is 0 Å². The zero-order valence-corrected chi connectivity index (χ0v) is 9.03. The fraction of sp³-hybridized carbons (Fsp3) is 1.00. The summed E-state index contributed by atoms with van der Waals surface area (Å²) in [5.74, 6) is 0. The summed E-state index contributed by atoms with van der Waals surface area (Å²) in [6.07, 6.45) is 8.39. The molecule has 1 N–H and O–H groups in total. The highest BCUT2D eigenvalue weighted by atomic mass is 14.9. The highest BCUT2D eigenvalue weighted by Gasteiger charge is 2.15. The molecule has 0 spiro atoms. The minimum atomic E-state index is 0.886. The average Bonchev–Trinajstić information content (AvgIpc) is 2.05. The topological polar surface area (TPSA) is 12.0 Å². The second-order valence-corrected chi connectivity index (χ2v) is 3.29. The predicted octanol–water partition coefficient (Wildman–Crippen LogP) is 3.34. The first-order valence-corrected chi connectivity index (χ1v) is 5.67. The third kappa shape index (κ3) is 5.59. The van der Waals surface area contributed by atoms with Crippen molar-refractivity contribution in [2.75, 3.05) is 6.54 Å². The molecule has 0 aromatic heterocycles. The van der Waals surface area contributed by atoms with Gasteiger partial charge in [0.25, 0.3) is 0 Å². The van der Waals surface area contributed by atoms with E-state index in [1.54, 1.807) is 0 Å². The summed E-state index contributed by atoms with van der Waals surface area (Å²) in [6.45, 7) is 7.50. The Balaban J connectivity index is 0.000000561. The molecule has 0 unspecified atom stereocenters. The standard InChI is InChI=1S/C9H19N.C2H6/c1-2-3-4-8-10-9-6-5-7-9;1-2/h9-10H,2-8H2,1H3;1-2H3. The molecule has 0 heterocycles. The van der Waals surface area contributed by atoms with Crippen molar-refractivity contribution in [3.05, 3.63) is 0 Å². The zero-order chi connectivity index (χ0) is 9.23. The molecule has 0 aliphatic heterocycles. The van der Waals surface area contributed by atoms with Crippen LogP contribution in [-0.4, -0.2) is 12.6 Å². The fourth-order valence-corrected chi connectivity index (χ4v) is 1.29. The van der Waals surface area contributed by atoms with Crippen LogP contribution in [0.3, 0.4) is 0 Å². The molecule has 1 heteroatoms. The Morgan fingerprint density at radius 1 is 1.17 bits per heavy atom. The molecule has 1 saturated carbocycles. The van der Waals surface area contributed by atoms with Crippen LogP contribution in [0.1, 0.15) is 59.3 Å². The van der Waals surface area contributed by atoms with Crippen LogP contribution in [0.2, 0.25) is 0 Å². The predicted molar refractivity (Wildman–Crippen MR) is 56.5 cm³/mol. The van der Waals surface area contributed by atoms with Crippen LogP contribution in [0.5, 0.6) is 0 Å². The molecular weight excluding hydrogens is 146 g/mol. The molecule has 1 aliphatic carbocycles. The third-order valence-electron chi connectivity index (χ3n) is 2.32. The highest BCUT2D eigenvalue weighted by molar-refractivity contribution is 4.75. The molecule has 1 nitrogen and oxygen atoms in total. The first-order chi connectivity index (χ1) is 5.93. The second-order valence-electron chi connectivity index (χ2n) is 3.29. The molecule has 0 saturated heterocycles. The number of hydrogen-bond acceptors (Lipinski definition) is 1. The van der Waals surface area contributed by atoms with Crippen LogP contribution in [-0.2, 0) is 0 Å². The van der Waals surface area contributed by atoms with Crippen LogP contribution >= 0.6 is 0 Å². The lowest BCUT2D eigenvalue weighted by Gasteiger charge is -2.26. The van der Waals surface area contributed by atoms with Crippen LogP contribution in [0.15, 0.2) is 0 Å². The molecule has 0 radical (unpaired) electrons. The molecular formula is C11H25N. The Morgan fingerprint density at radius 2 is 1.83 bits per heavy atom. The molecule has 12 heavy (non-hydrogen) atoms. The van der Waals surface area contributed by atoms with Crippen molar-refractivity contribution in [3.8, 4) is 0 Å². The minimum absolute atomic E-state index is 0.886. The maximum absolute atomic E-state index is 3.55. The SMILES string of the molecule is CC.CCCCCNC1CCC1. The van der Waals surface area contributed by atoms with Crippen LogP contribution in [0.25, 0.3) is 0 Å². The first kappa shape index (κ1) is 12.0. The molecule has 0 amide bonds. The van der Waals surface area contributed by atoms with E-state index in [0.29, 0.717) is 0 Å². The Kier molecular flexibility index (Phi) is 9.02. The van der Waals surface area contributed by atoms with E-state index in [0.717, 1.165) is 6.04 Å². The zero-order valence-electron chi connectivity index (χ0n) is 9.03. The normalized spacial score (nSPS) is 16.2. The van der Waals surface area contributed by atoms with Gasteiger partial charge in [0.1, 0.15) is 0 Å². The van der Waals surface area contributed by atoms with Gasteiger partial charge in [0.2, 0.25) is 0 Å². The van der Waals surface area contributed by atoms with E-state index in [9.17, 15) is 0 Å². The van der Waals surface area contributed by atoms with E-state index in [4.69, 9.17) is 0 Å². The van der Waals surface area contributed by atoms with E-state index in [1.807, 2.05) is 13.8 Å². The summed E-state index contributed by atoms with van der Waals surface area (Å²) in [7, 11) is 0. The van der Waals surface area contributed by atoms with Crippen molar-refractivity contribution in [1.29, 1.82) is 0 Å². The van der Waals surface area contributed by atoms with Crippen molar-refractivity contribution in [2.24, 2.45) is 0 Å². The molecule has 74 valence electrons. The molecule has 0 aromatic carbocycles. The first-order valence-electron chi connectivity index (χ1n) is 5.67. The number of rotatable bonds is 5. The van der Waals surface area contributed by atoms with Crippen molar-refractivity contribution in [3.63, 3.8) is 0 Å². The number of nitrogens with one attached hydrogen (secondary N) is 1. The summed E-state index contributed by atoms with van der Waals surface area (Å²) in [4.78, 5) is 0. The maximum atomic E-state index is 3.55. The Morgan fingerprint density at radius 3 is 2.25 bits per heavy atom. The lowest BCUT2D eigenvalue weighted by molar-refractivity contribution is 0.337. The Hall–Kier alpha value is -0.0400. The molecule has 1 aliphatic rings. The van der Waals surface area contributed by atoms with Gasteiger partial charge in [-0.15, -0.1) is 0 Å².